The molecule has 0 aromatic heterocycles. The first-order valence-corrected chi connectivity index (χ1v) is 2.84. The van der Waals surface area contributed by atoms with E-state index in [9.17, 15) is 0 Å². The molecule has 1 saturated heterocycles. The third kappa shape index (κ3) is 1.31. The van der Waals surface area contributed by atoms with Gasteiger partial charge in [-0.1, -0.05) is 0 Å². The lowest BCUT2D eigenvalue weighted by atomic mass is 10.6. The highest BCUT2D eigenvalue weighted by molar-refractivity contribution is 7.80. The van der Waals surface area contributed by atoms with Crippen LogP contribution in [0.15, 0.2) is 0 Å². The van der Waals surface area contributed by atoms with E-state index in [-0.39, 0.29) is 0 Å². The normalized spacial score (nSPS) is 21.9. The lowest BCUT2D eigenvalue weighted by Crippen LogP contribution is -2.46. The molecule has 0 aromatic rings. The molecule has 0 aliphatic carbocycles. The molecule has 1 N–H and O–H groups in total. The third-order valence-electron chi connectivity index (χ3n) is 0.942. The minimum absolute atomic E-state index is 0.471. The highest BCUT2D eigenvalue weighted by atomic mass is 32.1. The topological polar surface area (TPSA) is 24.5 Å². The Kier molecular flexibility index (Phi) is 1.65. The van der Waals surface area contributed by atoms with Crippen LogP contribution in [0.1, 0.15) is 0 Å². The number of hydrazine groups is 1. The van der Waals surface area contributed by atoms with Crippen molar-refractivity contribution in [3.8, 4) is 0 Å². The summed E-state index contributed by atoms with van der Waals surface area (Å²) in [5.74, 6) is 0. The second kappa shape index (κ2) is 2.28. The number of likely N-dealkylation sites (N-methyl/N-ethyl adjacent to an activating group) is 1. The molecular formula is C4H8N2OS. The van der Waals surface area contributed by atoms with Gasteiger partial charge in [0.15, 0.2) is 0 Å². The third-order valence-corrected chi connectivity index (χ3v) is 1.15. The van der Waals surface area contributed by atoms with Gasteiger partial charge in [0.05, 0.1) is 6.54 Å². The maximum Gasteiger partial charge on any atom is 0.271 e. The first-order chi connectivity index (χ1) is 3.79. The van der Waals surface area contributed by atoms with Crippen molar-refractivity contribution in [2.24, 2.45) is 0 Å². The molecule has 1 aliphatic rings. The van der Waals surface area contributed by atoms with E-state index in [2.05, 4.69) is 5.43 Å². The zero-order valence-electron chi connectivity index (χ0n) is 4.68. The van der Waals surface area contributed by atoms with Crippen LogP contribution in [0.3, 0.4) is 0 Å². The van der Waals surface area contributed by atoms with Crippen molar-refractivity contribution in [2.45, 2.75) is 0 Å². The molecular weight excluding hydrogens is 124 g/mol. The molecule has 1 heterocycles. The van der Waals surface area contributed by atoms with Gasteiger partial charge in [0, 0.05) is 7.05 Å². The minimum atomic E-state index is 0.471. The lowest BCUT2D eigenvalue weighted by molar-refractivity contribution is 0.144. The minimum Gasteiger partial charge on any atom is -0.469 e. The number of thiocarbonyl (C=S) groups is 1. The average molecular weight is 132 g/mol. The Bertz CT molecular complexity index is 106. The van der Waals surface area contributed by atoms with Crippen molar-refractivity contribution in [3.63, 3.8) is 0 Å². The largest absolute Gasteiger partial charge is 0.469 e. The smallest absolute Gasteiger partial charge is 0.271 e. The molecule has 0 saturated carbocycles. The molecule has 0 atom stereocenters. The maximum atomic E-state index is 4.93. The van der Waals surface area contributed by atoms with Crippen molar-refractivity contribution in [2.75, 3.05) is 20.2 Å². The van der Waals surface area contributed by atoms with Crippen LogP contribution < -0.4 is 5.43 Å². The molecule has 0 amide bonds. The number of ether oxygens (including phenoxy) is 1. The SMILES string of the molecule is CN1CCOC(=S)N1. The van der Waals surface area contributed by atoms with Crippen molar-refractivity contribution in [3.05, 3.63) is 0 Å². The van der Waals surface area contributed by atoms with Gasteiger partial charge in [0.25, 0.3) is 5.17 Å². The fraction of sp³-hybridized carbons (Fsp3) is 0.750. The highest BCUT2D eigenvalue weighted by Gasteiger charge is 2.07. The van der Waals surface area contributed by atoms with Crippen molar-refractivity contribution in [1.82, 2.24) is 10.4 Å². The van der Waals surface area contributed by atoms with Gasteiger partial charge in [-0.3, -0.25) is 5.43 Å². The predicted octanol–water partition coefficient (Wildman–Crippen LogP) is -0.262. The van der Waals surface area contributed by atoms with Gasteiger partial charge in [0.2, 0.25) is 0 Å². The standard InChI is InChI=1S/C4H8N2OS/c1-6-2-3-7-4(8)5-6/h2-3H2,1H3,(H,5,8). The molecule has 0 spiro atoms. The van der Waals surface area contributed by atoms with Gasteiger partial charge in [-0.25, -0.2) is 5.01 Å². The van der Waals surface area contributed by atoms with Crippen molar-refractivity contribution < 1.29 is 4.74 Å². The molecule has 1 rings (SSSR count). The molecule has 46 valence electrons. The zero-order valence-corrected chi connectivity index (χ0v) is 5.49. The van der Waals surface area contributed by atoms with Crippen LogP contribution in [0.2, 0.25) is 0 Å². The van der Waals surface area contributed by atoms with Crippen LogP contribution >= 0.6 is 12.2 Å². The Morgan fingerprint density at radius 2 is 2.62 bits per heavy atom. The van der Waals surface area contributed by atoms with Gasteiger partial charge in [-0.2, -0.15) is 0 Å². The van der Waals surface area contributed by atoms with Gasteiger partial charge >= 0.3 is 0 Å². The van der Waals surface area contributed by atoms with E-state index in [1.54, 1.807) is 0 Å². The Morgan fingerprint density at radius 3 is 3.00 bits per heavy atom. The molecule has 0 aromatic carbocycles. The second-order valence-electron chi connectivity index (χ2n) is 1.67. The molecule has 4 heteroatoms. The molecule has 1 aliphatic heterocycles. The van der Waals surface area contributed by atoms with E-state index in [4.69, 9.17) is 17.0 Å². The number of nitrogens with one attached hydrogen (secondary N) is 1. The van der Waals surface area contributed by atoms with E-state index >= 15 is 0 Å². The Labute approximate surface area is 53.6 Å². The maximum absolute atomic E-state index is 4.93. The Hall–Kier alpha value is -0.350. The summed E-state index contributed by atoms with van der Waals surface area (Å²) >= 11 is 4.71. The van der Waals surface area contributed by atoms with Gasteiger partial charge < -0.3 is 4.74 Å². The van der Waals surface area contributed by atoms with Crippen molar-refractivity contribution in [1.29, 1.82) is 0 Å². The molecule has 3 nitrogen and oxygen atoms in total. The van der Waals surface area contributed by atoms with E-state index < -0.39 is 0 Å². The van der Waals surface area contributed by atoms with Gasteiger partial charge in [-0.05, 0) is 12.2 Å². The van der Waals surface area contributed by atoms with Crippen molar-refractivity contribution >= 4 is 17.4 Å². The van der Waals surface area contributed by atoms with E-state index in [0.717, 1.165) is 6.54 Å². The van der Waals surface area contributed by atoms with Crippen LogP contribution in [-0.4, -0.2) is 30.4 Å². The first kappa shape index (κ1) is 5.78. The van der Waals surface area contributed by atoms with E-state index in [1.165, 1.54) is 0 Å². The van der Waals surface area contributed by atoms with Crippen LogP contribution in [0, 0.1) is 0 Å². The Balaban J connectivity index is 2.34. The van der Waals surface area contributed by atoms with Gasteiger partial charge in [0.1, 0.15) is 6.61 Å². The lowest BCUT2D eigenvalue weighted by Gasteiger charge is -2.24. The van der Waals surface area contributed by atoms with Crippen LogP contribution in [0.5, 0.6) is 0 Å². The first-order valence-electron chi connectivity index (χ1n) is 2.43. The molecule has 0 radical (unpaired) electrons. The summed E-state index contributed by atoms with van der Waals surface area (Å²) in [5.41, 5.74) is 2.82. The van der Waals surface area contributed by atoms with Crippen LogP contribution in [-0.2, 0) is 4.74 Å². The van der Waals surface area contributed by atoms with E-state index in [1.807, 2.05) is 12.1 Å². The van der Waals surface area contributed by atoms with Crippen LogP contribution in [0.4, 0.5) is 0 Å². The molecule has 8 heavy (non-hydrogen) atoms. The summed E-state index contributed by atoms with van der Waals surface area (Å²) in [4.78, 5) is 0. The molecule has 0 unspecified atom stereocenters. The summed E-state index contributed by atoms with van der Waals surface area (Å²) in [6.45, 7) is 1.59. The quantitative estimate of drug-likeness (QED) is 0.459. The summed E-state index contributed by atoms with van der Waals surface area (Å²) in [7, 11) is 1.93. The number of rotatable bonds is 0. The van der Waals surface area contributed by atoms with Gasteiger partial charge in [-0.15, -0.1) is 0 Å². The molecule has 1 fully saturated rings. The number of hydrogen-bond acceptors (Lipinski definition) is 3. The fourth-order valence-electron chi connectivity index (χ4n) is 0.519. The summed E-state index contributed by atoms with van der Waals surface area (Å²) in [5, 5.41) is 2.37. The monoisotopic (exact) mass is 132 g/mol. The fourth-order valence-corrected chi connectivity index (χ4v) is 0.758. The van der Waals surface area contributed by atoms with E-state index in [0.29, 0.717) is 11.8 Å². The number of nitrogens with zero attached hydrogens (tertiary/aromatic N) is 1. The highest BCUT2D eigenvalue weighted by Crippen LogP contribution is 1.88. The predicted molar refractivity (Wildman–Crippen MR) is 34.3 cm³/mol. The summed E-state index contributed by atoms with van der Waals surface area (Å²) in [6.07, 6.45) is 0. The summed E-state index contributed by atoms with van der Waals surface area (Å²) < 4.78 is 4.93. The number of hydrogen-bond donors (Lipinski definition) is 1. The molecule has 0 bridgehead atoms. The zero-order chi connectivity index (χ0) is 5.98. The summed E-state index contributed by atoms with van der Waals surface area (Å²) in [6, 6.07) is 0. The average Bonchev–Trinajstić information content (AvgIpc) is 1.64. The Morgan fingerprint density at radius 1 is 1.88 bits per heavy atom. The second-order valence-corrected chi connectivity index (χ2v) is 2.04. The van der Waals surface area contributed by atoms with Crippen LogP contribution in [0.25, 0.3) is 0 Å².